The van der Waals surface area contributed by atoms with E-state index in [4.69, 9.17) is 4.74 Å². The van der Waals surface area contributed by atoms with Crippen molar-refractivity contribution in [1.82, 2.24) is 0 Å². The zero-order chi connectivity index (χ0) is 14.2. The topological polar surface area (TPSA) is 32.7 Å². The molecule has 4 rings (SSSR count). The minimum absolute atomic E-state index is 0.240. The Labute approximate surface area is 122 Å². The SMILES string of the molecule is Oc1ccccc1N1c2ccccc2Oc2ccccc21. The van der Waals surface area contributed by atoms with Crippen molar-refractivity contribution in [2.24, 2.45) is 0 Å². The molecule has 1 aliphatic heterocycles. The van der Waals surface area contributed by atoms with Crippen LogP contribution in [-0.2, 0) is 0 Å². The second-order valence-corrected chi connectivity index (χ2v) is 4.86. The molecule has 1 N–H and O–H groups in total. The number of anilines is 3. The van der Waals surface area contributed by atoms with E-state index < -0.39 is 0 Å². The van der Waals surface area contributed by atoms with Crippen LogP contribution in [0, 0.1) is 0 Å². The average molecular weight is 275 g/mol. The summed E-state index contributed by atoms with van der Waals surface area (Å²) >= 11 is 0. The lowest BCUT2D eigenvalue weighted by Gasteiger charge is -2.32. The molecule has 3 nitrogen and oxygen atoms in total. The normalized spacial score (nSPS) is 12.3. The molecule has 0 unspecified atom stereocenters. The number of rotatable bonds is 1. The quantitative estimate of drug-likeness (QED) is 0.532. The molecular weight excluding hydrogens is 262 g/mol. The second kappa shape index (κ2) is 4.56. The summed E-state index contributed by atoms with van der Waals surface area (Å²) in [7, 11) is 0. The predicted molar refractivity (Wildman–Crippen MR) is 82.9 cm³/mol. The summed E-state index contributed by atoms with van der Waals surface area (Å²) < 4.78 is 5.95. The van der Waals surface area contributed by atoms with E-state index in [1.165, 1.54) is 0 Å². The molecular formula is C18H13NO2. The lowest BCUT2D eigenvalue weighted by atomic mass is 10.1. The molecule has 0 aromatic heterocycles. The van der Waals surface area contributed by atoms with Crippen LogP contribution in [0.1, 0.15) is 0 Å². The third-order valence-corrected chi connectivity index (χ3v) is 3.55. The summed E-state index contributed by atoms with van der Waals surface area (Å²) in [6.45, 7) is 0. The summed E-state index contributed by atoms with van der Waals surface area (Å²) in [6, 6.07) is 22.9. The van der Waals surface area contributed by atoms with Gasteiger partial charge in [-0.3, -0.25) is 4.90 Å². The number of benzene rings is 3. The molecule has 0 fully saturated rings. The highest BCUT2D eigenvalue weighted by atomic mass is 16.5. The molecule has 3 aromatic rings. The lowest BCUT2D eigenvalue weighted by molar-refractivity contribution is 0.469. The Kier molecular flexibility index (Phi) is 2.57. The molecule has 0 atom stereocenters. The van der Waals surface area contributed by atoms with Gasteiger partial charge in [0.1, 0.15) is 5.75 Å². The predicted octanol–water partition coefficient (Wildman–Crippen LogP) is 4.97. The maximum Gasteiger partial charge on any atom is 0.151 e. The van der Waals surface area contributed by atoms with E-state index in [0.29, 0.717) is 0 Å². The van der Waals surface area contributed by atoms with E-state index in [2.05, 4.69) is 0 Å². The number of aromatic hydroxyl groups is 1. The fraction of sp³-hybridized carbons (Fsp3) is 0. The standard InChI is InChI=1S/C18H13NO2/c20-16-10-4-1-7-13(16)19-14-8-2-5-11-17(14)21-18-12-6-3-9-15(18)19/h1-12,20H. The molecule has 0 spiro atoms. The Morgan fingerprint density at radius 2 is 1.10 bits per heavy atom. The Hall–Kier alpha value is -2.94. The Morgan fingerprint density at radius 1 is 0.619 bits per heavy atom. The van der Waals surface area contributed by atoms with Crippen molar-refractivity contribution >= 4 is 17.1 Å². The fourth-order valence-corrected chi connectivity index (χ4v) is 2.62. The first-order chi connectivity index (χ1) is 10.3. The zero-order valence-electron chi connectivity index (χ0n) is 11.2. The van der Waals surface area contributed by atoms with E-state index in [1.807, 2.05) is 71.6 Å². The highest BCUT2D eigenvalue weighted by Crippen LogP contribution is 2.51. The summed E-state index contributed by atoms with van der Waals surface area (Å²) in [5, 5.41) is 10.2. The number of hydrogen-bond donors (Lipinski definition) is 1. The van der Waals surface area contributed by atoms with Gasteiger partial charge in [0.15, 0.2) is 11.5 Å². The molecule has 21 heavy (non-hydrogen) atoms. The molecule has 0 amide bonds. The first-order valence-electron chi connectivity index (χ1n) is 6.78. The van der Waals surface area contributed by atoms with Crippen molar-refractivity contribution in [1.29, 1.82) is 0 Å². The van der Waals surface area contributed by atoms with Crippen molar-refractivity contribution in [3.63, 3.8) is 0 Å². The third kappa shape index (κ3) is 1.82. The summed E-state index contributed by atoms with van der Waals surface area (Å²) in [5.74, 6) is 1.79. The molecule has 3 heteroatoms. The van der Waals surface area contributed by atoms with Crippen molar-refractivity contribution < 1.29 is 9.84 Å². The van der Waals surface area contributed by atoms with Crippen LogP contribution < -0.4 is 9.64 Å². The number of phenols is 1. The second-order valence-electron chi connectivity index (χ2n) is 4.86. The van der Waals surface area contributed by atoms with Gasteiger partial charge in [0.25, 0.3) is 0 Å². The third-order valence-electron chi connectivity index (χ3n) is 3.55. The number of ether oxygens (including phenoxy) is 1. The van der Waals surface area contributed by atoms with E-state index >= 15 is 0 Å². The van der Waals surface area contributed by atoms with Crippen molar-refractivity contribution in [2.45, 2.75) is 0 Å². The van der Waals surface area contributed by atoms with Crippen LogP contribution in [-0.4, -0.2) is 5.11 Å². The van der Waals surface area contributed by atoms with Gasteiger partial charge in [0, 0.05) is 0 Å². The molecule has 102 valence electrons. The van der Waals surface area contributed by atoms with E-state index in [1.54, 1.807) is 6.07 Å². The van der Waals surface area contributed by atoms with Crippen molar-refractivity contribution in [3.05, 3.63) is 72.8 Å². The fourth-order valence-electron chi connectivity index (χ4n) is 2.62. The number of hydrogen-bond acceptors (Lipinski definition) is 3. The van der Waals surface area contributed by atoms with Crippen molar-refractivity contribution in [3.8, 4) is 17.2 Å². The van der Waals surface area contributed by atoms with Gasteiger partial charge in [-0.15, -0.1) is 0 Å². The van der Waals surface area contributed by atoms with Crippen LogP contribution in [0.4, 0.5) is 17.1 Å². The summed E-state index contributed by atoms with van der Waals surface area (Å²) in [4.78, 5) is 2.02. The maximum absolute atomic E-state index is 10.2. The number of fused-ring (bicyclic) bond motifs is 2. The van der Waals surface area contributed by atoms with Gasteiger partial charge in [-0.1, -0.05) is 36.4 Å². The van der Waals surface area contributed by atoms with Gasteiger partial charge in [0.05, 0.1) is 17.1 Å². The minimum atomic E-state index is 0.240. The molecule has 0 bridgehead atoms. The molecule has 0 saturated carbocycles. The first-order valence-corrected chi connectivity index (χ1v) is 6.78. The molecule has 0 saturated heterocycles. The highest BCUT2D eigenvalue weighted by Gasteiger charge is 2.26. The van der Waals surface area contributed by atoms with Gasteiger partial charge in [-0.05, 0) is 36.4 Å². The zero-order valence-corrected chi connectivity index (χ0v) is 11.2. The van der Waals surface area contributed by atoms with Crippen LogP contribution >= 0.6 is 0 Å². The Balaban J connectivity index is 2.00. The van der Waals surface area contributed by atoms with Crippen LogP contribution in [0.2, 0.25) is 0 Å². The van der Waals surface area contributed by atoms with Gasteiger partial charge in [-0.2, -0.15) is 0 Å². The smallest absolute Gasteiger partial charge is 0.151 e. The largest absolute Gasteiger partial charge is 0.506 e. The summed E-state index contributed by atoms with van der Waals surface area (Å²) in [5.41, 5.74) is 2.57. The van der Waals surface area contributed by atoms with Gasteiger partial charge >= 0.3 is 0 Å². The molecule has 1 heterocycles. The van der Waals surface area contributed by atoms with Crippen LogP contribution in [0.5, 0.6) is 17.2 Å². The van der Waals surface area contributed by atoms with Gasteiger partial charge in [0.2, 0.25) is 0 Å². The van der Waals surface area contributed by atoms with Gasteiger partial charge < -0.3 is 9.84 Å². The van der Waals surface area contributed by atoms with E-state index in [9.17, 15) is 5.11 Å². The van der Waals surface area contributed by atoms with Gasteiger partial charge in [-0.25, -0.2) is 0 Å². The molecule has 3 aromatic carbocycles. The van der Waals surface area contributed by atoms with Crippen LogP contribution in [0.25, 0.3) is 0 Å². The molecule has 0 radical (unpaired) electrons. The van der Waals surface area contributed by atoms with E-state index in [-0.39, 0.29) is 5.75 Å². The molecule has 0 aliphatic carbocycles. The molecule has 1 aliphatic rings. The summed E-state index contributed by atoms with van der Waals surface area (Å²) in [6.07, 6.45) is 0. The minimum Gasteiger partial charge on any atom is -0.506 e. The monoisotopic (exact) mass is 275 g/mol. The number of nitrogens with zero attached hydrogens (tertiary/aromatic N) is 1. The Bertz CT molecular complexity index is 753. The highest BCUT2D eigenvalue weighted by molar-refractivity contribution is 5.87. The number of para-hydroxylation sites is 6. The Morgan fingerprint density at radius 3 is 1.67 bits per heavy atom. The van der Waals surface area contributed by atoms with Crippen LogP contribution in [0.3, 0.4) is 0 Å². The van der Waals surface area contributed by atoms with Crippen molar-refractivity contribution in [2.75, 3.05) is 4.90 Å². The number of phenolic OH excluding ortho intramolecular Hbond substituents is 1. The average Bonchev–Trinajstić information content (AvgIpc) is 2.53. The van der Waals surface area contributed by atoms with Crippen LogP contribution in [0.15, 0.2) is 72.8 Å². The van der Waals surface area contributed by atoms with E-state index in [0.717, 1.165) is 28.6 Å². The lowest BCUT2D eigenvalue weighted by Crippen LogP contribution is -2.15. The first kappa shape index (κ1) is 11.9. The maximum atomic E-state index is 10.2.